The summed E-state index contributed by atoms with van der Waals surface area (Å²) >= 11 is 0. The first-order valence-electron chi connectivity index (χ1n) is 6.18. The van der Waals surface area contributed by atoms with E-state index in [4.69, 9.17) is 19.6 Å². The first kappa shape index (κ1) is 25.5. The molecule has 0 bridgehead atoms. The van der Waals surface area contributed by atoms with Crippen LogP contribution in [0.2, 0.25) is 0 Å². The number of aliphatic hydroxyl groups is 2. The molecule has 0 aromatic heterocycles. The Bertz CT molecular complexity index is 565. The van der Waals surface area contributed by atoms with E-state index in [1.54, 1.807) is 0 Å². The zero-order chi connectivity index (χ0) is 20.2. The Morgan fingerprint density at radius 1 is 0.640 bits per heavy atom. The van der Waals surface area contributed by atoms with Crippen LogP contribution in [0.25, 0.3) is 0 Å². The van der Waals surface area contributed by atoms with Crippen molar-refractivity contribution in [3.8, 4) is 0 Å². The van der Waals surface area contributed by atoms with Gasteiger partial charge < -0.3 is 48.6 Å². The van der Waals surface area contributed by atoms with Gasteiger partial charge in [0.1, 0.15) is 0 Å². The minimum atomic E-state index is -4.92. The zero-order valence-electron chi connectivity index (χ0n) is 12.6. The lowest BCUT2D eigenvalue weighted by molar-refractivity contribution is -0.0224. The Balaban J connectivity index is 5.02. The standard InChI is InChI=1S/C7H20O14P4/c8-1-7(2-9,3-20-24(16,17)5-22(10,11)12)4-21-25(18,19)6-23(13,14)15/h8-9H,1-6H2,(H,16,17)(H,18,19)(H2,10,11,12)(H2,13,14,15). The van der Waals surface area contributed by atoms with Gasteiger partial charge in [-0.05, 0) is 0 Å². The van der Waals surface area contributed by atoms with Crippen LogP contribution >= 0.6 is 30.4 Å². The van der Waals surface area contributed by atoms with Crippen LogP contribution in [0.5, 0.6) is 0 Å². The van der Waals surface area contributed by atoms with Crippen molar-refractivity contribution in [1.29, 1.82) is 0 Å². The average molecular weight is 452 g/mol. The van der Waals surface area contributed by atoms with Crippen LogP contribution in [-0.2, 0) is 27.3 Å². The lowest BCUT2D eigenvalue weighted by Crippen LogP contribution is -2.39. The molecule has 0 aliphatic rings. The summed E-state index contributed by atoms with van der Waals surface area (Å²) in [5.41, 5.74) is -1.96. The fraction of sp³-hybridized carbons (Fsp3) is 1.00. The molecule has 0 spiro atoms. The Kier molecular flexibility index (Phi) is 9.33. The van der Waals surface area contributed by atoms with Gasteiger partial charge in [-0.1, -0.05) is 0 Å². The normalized spacial score (nSPS) is 18.6. The Labute approximate surface area is 141 Å². The van der Waals surface area contributed by atoms with Gasteiger partial charge in [-0.2, -0.15) is 0 Å². The highest BCUT2D eigenvalue weighted by Gasteiger charge is 2.39. The Morgan fingerprint density at radius 3 is 1.12 bits per heavy atom. The van der Waals surface area contributed by atoms with Gasteiger partial charge in [0.15, 0.2) is 11.8 Å². The van der Waals surface area contributed by atoms with Crippen LogP contribution in [0, 0.1) is 5.41 Å². The molecule has 8 N–H and O–H groups in total. The second kappa shape index (κ2) is 9.14. The molecule has 0 aliphatic heterocycles. The largest absolute Gasteiger partial charge is 0.396 e. The maximum absolute atomic E-state index is 11.5. The molecule has 0 heterocycles. The van der Waals surface area contributed by atoms with Crippen molar-refractivity contribution in [3.05, 3.63) is 0 Å². The van der Waals surface area contributed by atoms with Gasteiger partial charge >= 0.3 is 30.4 Å². The molecule has 0 saturated heterocycles. The predicted octanol–water partition coefficient (Wildman–Crippen LogP) is -1.37. The third kappa shape index (κ3) is 11.8. The van der Waals surface area contributed by atoms with Gasteiger partial charge in [0.25, 0.3) is 0 Å². The third-order valence-electron chi connectivity index (χ3n) is 2.54. The molecule has 25 heavy (non-hydrogen) atoms. The first-order chi connectivity index (χ1) is 10.9. The van der Waals surface area contributed by atoms with Crippen molar-refractivity contribution >= 4 is 30.4 Å². The molecule has 0 amide bonds. The number of rotatable bonds is 12. The van der Waals surface area contributed by atoms with Crippen LogP contribution in [0.4, 0.5) is 0 Å². The van der Waals surface area contributed by atoms with Gasteiger partial charge in [-0.15, -0.1) is 0 Å². The van der Waals surface area contributed by atoms with Gasteiger partial charge in [0.2, 0.25) is 0 Å². The molecule has 152 valence electrons. The topological polar surface area (TPSA) is 249 Å². The van der Waals surface area contributed by atoms with Crippen molar-refractivity contribution in [1.82, 2.24) is 0 Å². The minimum Gasteiger partial charge on any atom is -0.396 e. The van der Waals surface area contributed by atoms with Gasteiger partial charge in [0.05, 0.1) is 31.8 Å². The van der Waals surface area contributed by atoms with Crippen molar-refractivity contribution in [2.45, 2.75) is 0 Å². The molecule has 0 aliphatic carbocycles. The van der Waals surface area contributed by atoms with Gasteiger partial charge in [-0.25, -0.2) is 0 Å². The smallest absolute Gasteiger partial charge is 0.340 e. The lowest BCUT2D eigenvalue weighted by Gasteiger charge is -2.30. The van der Waals surface area contributed by atoms with Crippen LogP contribution in [0.3, 0.4) is 0 Å². The van der Waals surface area contributed by atoms with Gasteiger partial charge in [-0.3, -0.25) is 18.3 Å². The van der Waals surface area contributed by atoms with Crippen molar-refractivity contribution in [3.63, 3.8) is 0 Å². The summed E-state index contributed by atoms with van der Waals surface area (Å²) in [5.74, 6) is -3.07. The van der Waals surface area contributed by atoms with E-state index in [1.165, 1.54) is 0 Å². The summed E-state index contributed by atoms with van der Waals surface area (Å²) in [6.45, 7) is -4.06. The lowest BCUT2D eigenvalue weighted by atomic mass is 9.93. The quantitative estimate of drug-likeness (QED) is 0.159. The number of aliphatic hydroxyl groups excluding tert-OH is 2. The highest BCUT2D eigenvalue weighted by molar-refractivity contribution is 7.70. The fourth-order valence-corrected chi connectivity index (χ4v) is 6.63. The third-order valence-corrected chi connectivity index (χ3v) is 9.41. The van der Waals surface area contributed by atoms with E-state index < -0.39 is 74.0 Å². The van der Waals surface area contributed by atoms with E-state index in [-0.39, 0.29) is 0 Å². The molecule has 2 atom stereocenters. The Hall–Kier alpha value is 0.520. The second-order valence-corrected chi connectivity index (χ2v) is 13.2. The zero-order valence-corrected chi connectivity index (χ0v) is 16.1. The molecule has 0 fully saturated rings. The van der Waals surface area contributed by atoms with E-state index in [0.29, 0.717) is 0 Å². The Morgan fingerprint density at radius 2 is 0.920 bits per heavy atom. The molecule has 2 unspecified atom stereocenters. The molecular formula is C7H20O14P4. The molecule has 0 rings (SSSR count). The van der Waals surface area contributed by atoms with Crippen molar-refractivity contribution in [2.24, 2.45) is 5.41 Å². The highest BCUT2D eigenvalue weighted by Crippen LogP contribution is 2.57. The van der Waals surface area contributed by atoms with E-state index in [2.05, 4.69) is 9.05 Å². The molecule has 0 radical (unpaired) electrons. The summed E-state index contributed by atoms with van der Waals surface area (Å²) in [5, 5.41) is 18.5. The van der Waals surface area contributed by atoms with Crippen LogP contribution < -0.4 is 0 Å². The molecule has 14 nitrogen and oxygen atoms in total. The summed E-state index contributed by atoms with van der Waals surface area (Å²) in [6.07, 6.45) is 0. The number of hydrogen-bond donors (Lipinski definition) is 8. The van der Waals surface area contributed by atoms with Crippen LogP contribution in [0.1, 0.15) is 0 Å². The fourth-order valence-electron chi connectivity index (χ4n) is 1.30. The van der Waals surface area contributed by atoms with Gasteiger partial charge in [0, 0.05) is 0 Å². The van der Waals surface area contributed by atoms with E-state index in [0.717, 1.165) is 0 Å². The maximum Gasteiger partial charge on any atom is 0.340 e. The molecular weight excluding hydrogens is 432 g/mol. The summed E-state index contributed by atoms with van der Waals surface area (Å²) in [4.78, 5) is 53.2. The predicted molar refractivity (Wildman–Crippen MR) is 82.0 cm³/mol. The molecule has 0 aromatic rings. The average Bonchev–Trinajstić information content (AvgIpc) is 2.34. The minimum absolute atomic E-state index is 1.01. The summed E-state index contributed by atoms with van der Waals surface area (Å²) < 4.78 is 53.3. The maximum atomic E-state index is 11.5. The highest BCUT2D eigenvalue weighted by atomic mass is 31.2. The summed E-state index contributed by atoms with van der Waals surface area (Å²) in [7, 11) is -19.5. The van der Waals surface area contributed by atoms with E-state index >= 15 is 0 Å². The SMILES string of the molecule is O=P(O)(O)CP(=O)(O)OCC(CO)(CO)COP(=O)(O)CP(=O)(O)O. The van der Waals surface area contributed by atoms with Crippen LogP contribution in [-0.4, -0.2) is 77.8 Å². The molecule has 0 saturated carbocycles. The van der Waals surface area contributed by atoms with E-state index in [9.17, 15) is 38.3 Å². The summed E-state index contributed by atoms with van der Waals surface area (Å²) in [6, 6.07) is 0. The second-order valence-electron chi connectivity index (χ2n) is 5.25. The molecule has 0 aromatic carbocycles. The first-order valence-corrected chi connectivity index (χ1v) is 13.3. The van der Waals surface area contributed by atoms with Crippen molar-refractivity contribution in [2.75, 3.05) is 38.2 Å². The van der Waals surface area contributed by atoms with Crippen LogP contribution in [0.15, 0.2) is 0 Å². The monoisotopic (exact) mass is 452 g/mol. The molecule has 18 heteroatoms. The number of hydrogen-bond acceptors (Lipinski definition) is 8. The van der Waals surface area contributed by atoms with E-state index in [1.807, 2.05) is 0 Å². The van der Waals surface area contributed by atoms with Crippen molar-refractivity contribution < 1.29 is 66.9 Å².